The molecule has 11 heteroatoms. The summed E-state index contributed by atoms with van der Waals surface area (Å²) in [5, 5.41) is 3.83. The Kier molecular flexibility index (Phi) is 6.36. The number of ether oxygens (including phenoxy) is 1. The summed E-state index contributed by atoms with van der Waals surface area (Å²) in [6.07, 6.45) is 0.956. The number of nitrogens with zero attached hydrogens (tertiary/aromatic N) is 1. The van der Waals surface area contributed by atoms with Gasteiger partial charge in [0, 0.05) is 16.6 Å². The SMILES string of the molecule is CCOC(=O)c1c(NC(=O)C2CCCN2S(=O)(=O)c2ccc(Cl)s2)sc2ccccc12. The molecule has 7 nitrogen and oxygen atoms in total. The first kappa shape index (κ1) is 22.2. The van der Waals surface area contributed by atoms with Crippen LogP contribution in [0.3, 0.4) is 0 Å². The molecule has 1 amide bonds. The maximum atomic E-state index is 13.1. The summed E-state index contributed by atoms with van der Waals surface area (Å²) in [5.74, 6) is -1.000. The number of carbonyl (C=O) groups excluding carboxylic acids is 2. The van der Waals surface area contributed by atoms with Gasteiger partial charge in [0.15, 0.2) is 0 Å². The Labute approximate surface area is 192 Å². The molecule has 1 unspecified atom stereocenters. The van der Waals surface area contributed by atoms with Crippen LogP contribution in [0.5, 0.6) is 0 Å². The number of thiophene rings is 2. The zero-order valence-corrected chi connectivity index (χ0v) is 19.7. The Morgan fingerprint density at radius 3 is 2.71 bits per heavy atom. The molecule has 2 aromatic heterocycles. The minimum atomic E-state index is -3.85. The second kappa shape index (κ2) is 8.87. The smallest absolute Gasteiger partial charge is 0.341 e. The molecular formula is C20H19ClN2O5S3. The number of nitrogens with one attached hydrogen (secondary N) is 1. The van der Waals surface area contributed by atoms with E-state index in [1.165, 1.54) is 27.8 Å². The first-order valence-corrected chi connectivity index (χ1v) is 13.0. The van der Waals surface area contributed by atoms with Gasteiger partial charge in [0.05, 0.1) is 10.9 Å². The van der Waals surface area contributed by atoms with Gasteiger partial charge in [-0.3, -0.25) is 4.79 Å². The normalized spacial score (nSPS) is 17.2. The molecule has 1 saturated heterocycles. The van der Waals surface area contributed by atoms with Gasteiger partial charge >= 0.3 is 5.97 Å². The van der Waals surface area contributed by atoms with Gasteiger partial charge in [-0.1, -0.05) is 29.8 Å². The number of benzene rings is 1. The summed E-state index contributed by atoms with van der Waals surface area (Å²) in [4.78, 5) is 25.7. The van der Waals surface area contributed by atoms with Crippen molar-refractivity contribution in [1.29, 1.82) is 0 Å². The lowest BCUT2D eigenvalue weighted by Gasteiger charge is -2.22. The topological polar surface area (TPSA) is 92.8 Å². The van der Waals surface area contributed by atoms with E-state index in [1.807, 2.05) is 12.1 Å². The molecule has 0 aliphatic carbocycles. The van der Waals surface area contributed by atoms with Crippen LogP contribution < -0.4 is 5.32 Å². The predicted molar refractivity (Wildman–Crippen MR) is 123 cm³/mol. The van der Waals surface area contributed by atoms with Crippen molar-refractivity contribution < 1.29 is 22.7 Å². The number of amides is 1. The highest BCUT2D eigenvalue weighted by Gasteiger charge is 2.40. The molecule has 4 rings (SSSR count). The van der Waals surface area contributed by atoms with Crippen LogP contribution >= 0.6 is 34.3 Å². The summed E-state index contributed by atoms with van der Waals surface area (Å²) in [5.41, 5.74) is 0.285. The first-order chi connectivity index (χ1) is 14.8. The monoisotopic (exact) mass is 498 g/mol. The molecule has 1 atom stereocenters. The van der Waals surface area contributed by atoms with Crippen LogP contribution in [0.25, 0.3) is 10.1 Å². The number of esters is 1. The third-order valence-electron chi connectivity index (χ3n) is 4.93. The molecule has 1 N–H and O–H groups in total. The van der Waals surface area contributed by atoms with E-state index in [4.69, 9.17) is 16.3 Å². The molecule has 0 radical (unpaired) electrons. The molecule has 1 aromatic carbocycles. The van der Waals surface area contributed by atoms with Crippen molar-refractivity contribution in [2.75, 3.05) is 18.5 Å². The Balaban J connectivity index is 1.64. The van der Waals surface area contributed by atoms with Crippen molar-refractivity contribution in [1.82, 2.24) is 4.31 Å². The number of hydrogen-bond acceptors (Lipinski definition) is 7. The molecule has 0 saturated carbocycles. The van der Waals surface area contributed by atoms with Crippen molar-refractivity contribution in [3.63, 3.8) is 0 Å². The van der Waals surface area contributed by atoms with Crippen molar-refractivity contribution in [3.8, 4) is 0 Å². The molecule has 31 heavy (non-hydrogen) atoms. The molecule has 3 heterocycles. The summed E-state index contributed by atoms with van der Waals surface area (Å²) in [7, 11) is -3.85. The predicted octanol–water partition coefficient (Wildman–Crippen LogP) is 4.58. The lowest BCUT2D eigenvalue weighted by atomic mass is 10.1. The molecule has 1 aliphatic rings. The highest BCUT2D eigenvalue weighted by Crippen LogP contribution is 2.37. The Morgan fingerprint density at radius 2 is 2.00 bits per heavy atom. The van der Waals surface area contributed by atoms with Gasteiger partial charge in [0.1, 0.15) is 20.8 Å². The van der Waals surface area contributed by atoms with Crippen LogP contribution in [0.4, 0.5) is 5.00 Å². The zero-order valence-electron chi connectivity index (χ0n) is 16.5. The summed E-state index contributed by atoms with van der Waals surface area (Å²) >= 11 is 8.12. The van der Waals surface area contributed by atoms with Crippen LogP contribution in [0.1, 0.15) is 30.1 Å². The lowest BCUT2D eigenvalue weighted by molar-refractivity contribution is -0.119. The Bertz CT molecular complexity index is 1250. The van der Waals surface area contributed by atoms with Crippen LogP contribution in [-0.4, -0.2) is 43.8 Å². The molecule has 0 bridgehead atoms. The summed E-state index contributed by atoms with van der Waals surface area (Å²) in [6, 6.07) is 9.39. The van der Waals surface area contributed by atoms with Gasteiger partial charge in [-0.05, 0) is 38.0 Å². The number of halogens is 1. The van der Waals surface area contributed by atoms with Gasteiger partial charge < -0.3 is 10.1 Å². The highest BCUT2D eigenvalue weighted by molar-refractivity contribution is 7.91. The fourth-order valence-electron chi connectivity index (χ4n) is 3.58. The van der Waals surface area contributed by atoms with Crippen molar-refractivity contribution in [3.05, 3.63) is 46.3 Å². The molecule has 164 valence electrons. The van der Waals surface area contributed by atoms with Gasteiger partial charge in [-0.2, -0.15) is 4.31 Å². The second-order valence-corrected chi connectivity index (χ2v) is 11.7. The van der Waals surface area contributed by atoms with E-state index >= 15 is 0 Å². The van der Waals surface area contributed by atoms with Crippen LogP contribution in [-0.2, 0) is 19.6 Å². The average Bonchev–Trinajstić information content (AvgIpc) is 3.46. The maximum absolute atomic E-state index is 13.1. The van der Waals surface area contributed by atoms with Crippen LogP contribution in [0.15, 0.2) is 40.6 Å². The van der Waals surface area contributed by atoms with Gasteiger partial charge in [0.25, 0.3) is 10.0 Å². The quantitative estimate of drug-likeness (QED) is 0.502. The third kappa shape index (κ3) is 4.22. The van der Waals surface area contributed by atoms with Gasteiger partial charge in [-0.25, -0.2) is 13.2 Å². The minimum absolute atomic E-state index is 0.103. The van der Waals surface area contributed by atoms with E-state index in [0.29, 0.717) is 27.6 Å². The van der Waals surface area contributed by atoms with Crippen molar-refractivity contribution >= 4 is 71.3 Å². The number of anilines is 1. The number of sulfonamides is 1. The fourth-order valence-corrected chi connectivity index (χ4v) is 7.94. The molecule has 1 fully saturated rings. The van der Waals surface area contributed by atoms with E-state index in [0.717, 1.165) is 16.0 Å². The summed E-state index contributed by atoms with van der Waals surface area (Å²) < 4.78 is 33.8. The average molecular weight is 499 g/mol. The van der Waals surface area contributed by atoms with E-state index in [1.54, 1.807) is 19.1 Å². The lowest BCUT2D eigenvalue weighted by Crippen LogP contribution is -2.42. The fraction of sp³-hybridized carbons (Fsp3) is 0.300. The standard InChI is InChI=1S/C20H19ClN2O5S3/c1-2-28-20(25)17-12-6-3-4-8-14(12)29-19(17)22-18(24)13-7-5-11-23(13)31(26,27)16-10-9-15(21)30-16/h3-4,6,8-10,13H,2,5,7,11H2,1H3,(H,22,24). The van der Waals surface area contributed by atoms with Gasteiger partial charge in [0.2, 0.25) is 5.91 Å². The van der Waals surface area contributed by atoms with Crippen LogP contribution in [0.2, 0.25) is 4.34 Å². The number of rotatable bonds is 6. The first-order valence-electron chi connectivity index (χ1n) is 9.59. The minimum Gasteiger partial charge on any atom is -0.462 e. The number of fused-ring (bicyclic) bond motifs is 1. The van der Waals surface area contributed by atoms with E-state index < -0.39 is 27.9 Å². The molecule has 0 spiro atoms. The van der Waals surface area contributed by atoms with E-state index in [-0.39, 0.29) is 22.9 Å². The van der Waals surface area contributed by atoms with E-state index in [2.05, 4.69) is 5.32 Å². The second-order valence-electron chi connectivity index (χ2n) is 6.84. The molecule has 1 aliphatic heterocycles. The van der Waals surface area contributed by atoms with E-state index in [9.17, 15) is 18.0 Å². The highest BCUT2D eigenvalue weighted by atomic mass is 35.5. The van der Waals surface area contributed by atoms with Crippen molar-refractivity contribution in [2.45, 2.75) is 30.0 Å². The maximum Gasteiger partial charge on any atom is 0.341 e. The van der Waals surface area contributed by atoms with Gasteiger partial charge in [-0.15, -0.1) is 22.7 Å². The van der Waals surface area contributed by atoms with Crippen LogP contribution in [0, 0.1) is 0 Å². The number of hydrogen-bond donors (Lipinski definition) is 1. The summed E-state index contributed by atoms with van der Waals surface area (Å²) in [6.45, 7) is 2.16. The Morgan fingerprint density at radius 1 is 1.23 bits per heavy atom. The zero-order chi connectivity index (χ0) is 22.2. The molecular weight excluding hydrogens is 480 g/mol. The molecule has 3 aromatic rings. The number of carbonyl (C=O) groups is 2. The largest absolute Gasteiger partial charge is 0.462 e. The van der Waals surface area contributed by atoms with Crippen molar-refractivity contribution in [2.24, 2.45) is 0 Å². The third-order valence-corrected chi connectivity index (χ3v) is 9.62. The Hall–Kier alpha value is -1.98.